The number of carbonyl (C=O) groups excluding carboxylic acids is 1. The fourth-order valence-corrected chi connectivity index (χ4v) is 1.78. The molecule has 0 aliphatic carbocycles. The lowest BCUT2D eigenvalue weighted by Crippen LogP contribution is -2.20. The summed E-state index contributed by atoms with van der Waals surface area (Å²) in [7, 11) is 0. The second-order valence-electron chi connectivity index (χ2n) is 3.24. The number of thioether (sulfide) groups is 1. The predicted molar refractivity (Wildman–Crippen MR) is 66.3 cm³/mol. The molecule has 0 aliphatic heterocycles. The Labute approximate surface area is 95.5 Å². The molecule has 1 N–H and O–H groups in total. The molecule has 0 bridgehead atoms. The minimum absolute atomic E-state index is 0.0885. The summed E-state index contributed by atoms with van der Waals surface area (Å²) in [4.78, 5) is 11.1. The van der Waals surface area contributed by atoms with Gasteiger partial charge in [-0.15, -0.1) is 0 Å². The molecule has 3 heteroatoms. The molecule has 0 heterocycles. The topological polar surface area (TPSA) is 29.1 Å². The maximum absolute atomic E-state index is 11.1. The summed E-state index contributed by atoms with van der Waals surface area (Å²) in [6.07, 6.45) is 2.03. The van der Waals surface area contributed by atoms with Gasteiger partial charge in [-0.3, -0.25) is 4.79 Å². The molecule has 0 aliphatic rings. The van der Waals surface area contributed by atoms with Crippen LogP contribution in [0.3, 0.4) is 0 Å². The smallest absolute Gasteiger partial charge is 0.279 e. The van der Waals surface area contributed by atoms with E-state index >= 15 is 0 Å². The Kier molecular flexibility index (Phi) is 5.93. The van der Waals surface area contributed by atoms with Gasteiger partial charge in [0.25, 0.3) is 5.24 Å². The number of aryl methyl sites for hydroxylation is 1. The first-order valence-electron chi connectivity index (χ1n) is 5.27. The van der Waals surface area contributed by atoms with Gasteiger partial charge in [-0.25, -0.2) is 0 Å². The summed E-state index contributed by atoms with van der Waals surface area (Å²) in [6, 6.07) is 10.3. The molecule has 15 heavy (non-hydrogen) atoms. The van der Waals surface area contributed by atoms with E-state index in [9.17, 15) is 4.79 Å². The zero-order valence-electron chi connectivity index (χ0n) is 9.03. The number of hydrogen-bond donors (Lipinski definition) is 1. The monoisotopic (exact) mass is 223 g/mol. The molecule has 1 aromatic carbocycles. The maximum atomic E-state index is 11.1. The van der Waals surface area contributed by atoms with Crippen LogP contribution >= 0.6 is 11.8 Å². The van der Waals surface area contributed by atoms with E-state index in [2.05, 4.69) is 17.4 Å². The van der Waals surface area contributed by atoms with Gasteiger partial charge < -0.3 is 5.32 Å². The quantitative estimate of drug-likeness (QED) is 0.777. The van der Waals surface area contributed by atoms with Crippen LogP contribution < -0.4 is 5.32 Å². The molecule has 0 spiro atoms. The Hall–Kier alpha value is -0.960. The van der Waals surface area contributed by atoms with E-state index < -0.39 is 0 Å². The Bertz CT molecular complexity index is 287. The van der Waals surface area contributed by atoms with Crippen molar-refractivity contribution in [2.75, 3.05) is 12.3 Å². The Balaban J connectivity index is 2.10. The zero-order valence-corrected chi connectivity index (χ0v) is 9.85. The first-order valence-corrected chi connectivity index (χ1v) is 6.26. The zero-order chi connectivity index (χ0) is 10.9. The summed E-state index contributed by atoms with van der Waals surface area (Å²) in [5.41, 5.74) is 1.33. The van der Waals surface area contributed by atoms with Crippen molar-refractivity contribution in [2.24, 2.45) is 0 Å². The number of amides is 1. The second-order valence-corrected chi connectivity index (χ2v) is 4.47. The number of benzene rings is 1. The molecule has 0 radical (unpaired) electrons. The van der Waals surface area contributed by atoms with E-state index in [-0.39, 0.29) is 5.24 Å². The lowest BCUT2D eigenvalue weighted by Gasteiger charge is -2.03. The molecular formula is C12H17NOS. The van der Waals surface area contributed by atoms with Crippen LogP contribution in [0.25, 0.3) is 0 Å². The summed E-state index contributed by atoms with van der Waals surface area (Å²) in [6.45, 7) is 2.74. The first-order chi connectivity index (χ1) is 7.33. The van der Waals surface area contributed by atoms with Crippen LogP contribution in [-0.4, -0.2) is 17.5 Å². The van der Waals surface area contributed by atoms with Crippen molar-refractivity contribution in [3.63, 3.8) is 0 Å². The highest BCUT2D eigenvalue weighted by molar-refractivity contribution is 8.13. The highest BCUT2D eigenvalue weighted by atomic mass is 32.2. The van der Waals surface area contributed by atoms with Crippen LogP contribution in [-0.2, 0) is 6.42 Å². The van der Waals surface area contributed by atoms with Crippen LogP contribution in [0, 0.1) is 0 Å². The van der Waals surface area contributed by atoms with Gasteiger partial charge in [-0.1, -0.05) is 49.0 Å². The fraction of sp³-hybridized carbons (Fsp3) is 0.417. The number of carbonyl (C=O) groups is 1. The van der Waals surface area contributed by atoms with Crippen LogP contribution in [0.4, 0.5) is 4.79 Å². The van der Waals surface area contributed by atoms with Gasteiger partial charge in [0.1, 0.15) is 0 Å². The summed E-state index contributed by atoms with van der Waals surface area (Å²) >= 11 is 1.33. The summed E-state index contributed by atoms with van der Waals surface area (Å²) in [5.74, 6) is 0.838. The van der Waals surface area contributed by atoms with Crippen molar-refractivity contribution in [3.05, 3.63) is 35.9 Å². The molecule has 0 saturated carbocycles. The number of rotatable bonds is 5. The molecule has 0 unspecified atom stereocenters. The van der Waals surface area contributed by atoms with Crippen LogP contribution in [0.5, 0.6) is 0 Å². The van der Waals surface area contributed by atoms with Crippen LogP contribution in [0.1, 0.15) is 18.9 Å². The normalized spacial score (nSPS) is 9.93. The Morgan fingerprint density at radius 1 is 1.33 bits per heavy atom. The minimum atomic E-state index is 0.0885. The lowest BCUT2D eigenvalue weighted by molar-refractivity contribution is 0.260. The van der Waals surface area contributed by atoms with Gasteiger partial charge >= 0.3 is 0 Å². The molecular weight excluding hydrogens is 206 g/mol. The molecule has 1 rings (SSSR count). The molecule has 1 aromatic rings. The first kappa shape index (κ1) is 12.1. The van der Waals surface area contributed by atoms with Gasteiger partial charge in [0.15, 0.2) is 0 Å². The van der Waals surface area contributed by atoms with Crippen molar-refractivity contribution < 1.29 is 4.79 Å². The summed E-state index contributed by atoms with van der Waals surface area (Å²) in [5, 5.41) is 2.97. The molecule has 0 aromatic heterocycles. The van der Waals surface area contributed by atoms with E-state index in [0.717, 1.165) is 25.1 Å². The van der Waals surface area contributed by atoms with Crippen LogP contribution in [0.2, 0.25) is 0 Å². The van der Waals surface area contributed by atoms with Crippen molar-refractivity contribution in [1.82, 2.24) is 5.32 Å². The van der Waals surface area contributed by atoms with E-state index in [1.807, 2.05) is 25.1 Å². The predicted octanol–water partition coefficient (Wildman–Crippen LogP) is 3.08. The van der Waals surface area contributed by atoms with Crippen molar-refractivity contribution in [3.8, 4) is 0 Å². The molecule has 2 nitrogen and oxygen atoms in total. The SMILES string of the molecule is CCSC(=O)NCCCc1ccccc1. The molecule has 0 fully saturated rings. The average Bonchev–Trinajstić information content (AvgIpc) is 2.26. The second kappa shape index (κ2) is 7.35. The Morgan fingerprint density at radius 2 is 2.07 bits per heavy atom. The Morgan fingerprint density at radius 3 is 2.73 bits per heavy atom. The summed E-state index contributed by atoms with van der Waals surface area (Å²) < 4.78 is 0. The maximum Gasteiger partial charge on any atom is 0.279 e. The van der Waals surface area contributed by atoms with Crippen molar-refractivity contribution >= 4 is 17.0 Å². The highest BCUT2D eigenvalue weighted by Crippen LogP contribution is 2.02. The van der Waals surface area contributed by atoms with Crippen LogP contribution in [0.15, 0.2) is 30.3 Å². The van der Waals surface area contributed by atoms with Gasteiger partial charge in [-0.05, 0) is 24.2 Å². The fourth-order valence-electron chi connectivity index (χ4n) is 1.31. The largest absolute Gasteiger partial charge is 0.347 e. The third-order valence-corrected chi connectivity index (χ3v) is 2.73. The van der Waals surface area contributed by atoms with Crippen molar-refractivity contribution in [1.29, 1.82) is 0 Å². The molecule has 0 saturated heterocycles. The molecule has 1 amide bonds. The average molecular weight is 223 g/mol. The lowest BCUT2D eigenvalue weighted by atomic mass is 10.1. The van der Waals surface area contributed by atoms with Gasteiger partial charge in [0.2, 0.25) is 0 Å². The molecule has 0 atom stereocenters. The van der Waals surface area contributed by atoms with Crippen molar-refractivity contribution in [2.45, 2.75) is 19.8 Å². The third kappa shape index (κ3) is 5.47. The van der Waals surface area contributed by atoms with E-state index in [0.29, 0.717) is 0 Å². The van der Waals surface area contributed by atoms with Gasteiger partial charge in [0, 0.05) is 6.54 Å². The number of hydrogen-bond acceptors (Lipinski definition) is 2. The van der Waals surface area contributed by atoms with E-state index in [4.69, 9.17) is 0 Å². The molecule has 82 valence electrons. The van der Waals surface area contributed by atoms with E-state index in [1.165, 1.54) is 17.3 Å². The third-order valence-electron chi connectivity index (χ3n) is 2.03. The standard InChI is InChI=1S/C12H17NOS/c1-2-15-12(14)13-10-6-9-11-7-4-3-5-8-11/h3-5,7-8H,2,6,9-10H2,1H3,(H,13,14). The van der Waals surface area contributed by atoms with Gasteiger partial charge in [0.05, 0.1) is 0 Å². The highest BCUT2D eigenvalue weighted by Gasteiger charge is 1.98. The number of nitrogens with one attached hydrogen (secondary N) is 1. The van der Waals surface area contributed by atoms with E-state index in [1.54, 1.807) is 0 Å². The van der Waals surface area contributed by atoms with Gasteiger partial charge in [-0.2, -0.15) is 0 Å². The minimum Gasteiger partial charge on any atom is -0.347 e.